The highest BCUT2D eigenvalue weighted by Gasteiger charge is 2.23. The average Bonchev–Trinajstić information content (AvgIpc) is 3.30. The lowest BCUT2D eigenvalue weighted by molar-refractivity contribution is 0.00670. The number of nitrogens with zero attached hydrogens (tertiary/aromatic N) is 5. The molecule has 2 fully saturated rings. The topological polar surface area (TPSA) is 78.4 Å². The lowest BCUT2D eigenvalue weighted by atomic mass is 10.0. The van der Waals surface area contributed by atoms with Gasteiger partial charge in [0.05, 0.1) is 18.4 Å². The molecule has 29 heavy (non-hydrogen) atoms. The Balaban J connectivity index is 1.17. The predicted molar refractivity (Wildman–Crippen MR) is 108 cm³/mol. The number of rotatable bonds is 7. The quantitative estimate of drug-likeness (QED) is 0.703. The predicted octanol–water partition coefficient (Wildman–Crippen LogP) is 2.54. The van der Waals surface area contributed by atoms with Crippen molar-refractivity contribution in [3.05, 3.63) is 28.7 Å². The van der Waals surface area contributed by atoms with Gasteiger partial charge in [0.2, 0.25) is 5.89 Å². The van der Waals surface area contributed by atoms with Crippen LogP contribution in [0.25, 0.3) is 0 Å². The molecule has 0 unspecified atom stereocenters. The Bertz CT molecular complexity index is 788. The number of aryl methyl sites for hydroxylation is 2. The van der Waals surface area contributed by atoms with Gasteiger partial charge in [-0.3, -0.25) is 9.58 Å². The average molecular weight is 404 g/mol. The molecule has 0 aromatic carbocycles. The zero-order chi connectivity index (χ0) is 20.2. The lowest BCUT2D eigenvalue weighted by Gasteiger charge is -2.31. The molecule has 0 aliphatic carbocycles. The van der Waals surface area contributed by atoms with Crippen LogP contribution < -0.4 is 0 Å². The first kappa shape index (κ1) is 20.5. The minimum absolute atomic E-state index is 0.323. The van der Waals surface area contributed by atoms with Crippen LogP contribution in [0.4, 0.5) is 0 Å². The monoisotopic (exact) mass is 403 g/mol. The van der Waals surface area contributed by atoms with Crippen molar-refractivity contribution in [1.29, 1.82) is 0 Å². The lowest BCUT2D eigenvalue weighted by Crippen LogP contribution is -2.37. The van der Waals surface area contributed by atoms with E-state index in [-0.39, 0.29) is 0 Å². The second-order valence-electron chi connectivity index (χ2n) is 8.30. The highest BCUT2D eigenvalue weighted by molar-refractivity contribution is 5.24. The first-order chi connectivity index (χ1) is 14.1. The molecule has 0 N–H and O–H groups in total. The largest absolute Gasteiger partial charge is 0.381 e. The summed E-state index contributed by atoms with van der Waals surface area (Å²) in [5, 5.41) is 8.66. The van der Waals surface area contributed by atoms with E-state index < -0.39 is 0 Å². The Labute approximate surface area is 172 Å². The van der Waals surface area contributed by atoms with Gasteiger partial charge < -0.3 is 14.0 Å². The molecule has 160 valence electrons. The smallest absolute Gasteiger partial charge is 0.229 e. The molecule has 2 aliphatic heterocycles. The van der Waals surface area contributed by atoms with Crippen molar-refractivity contribution in [2.45, 2.75) is 64.5 Å². The number of aromatic nitrogens is 4. The van der Waals surface area contributed by atoms with Crippen molar-refractivity contribution >= 4 is 0 Å². The second kappa shape index (κ2) is 9.36. The highest BCUT2D eigenvalue weighted by atomic mass is 16.5. The maximum Gasteiger partial charge on any atom is 0.229 e. The molecule has 0 radical (unpaired) electrons. The van der Waals surface area contributed by atoms with Gasteiger partial charge in [0, 0.05) is 63.5 Å². The molecule has 0 bridgehead atoms. The zero-order valence-corrected chi connectivity index (χ0v) is 17.9. The third-order valence-electron chi connectivity index (χ3n) is 6.31. The van der Waals surface area contributed by atoms with Gasteiger partial charge in [-0.15, -0.1) is 0 Å². The Hall–Kier alpha value is -1.77. The Morgan fingerprint density at radius 3 is 2.55 bits per heavy atom. The molecule has 0 atom stereocenters. The van der Waals surface area contributed by atoms with E-state index in [1.807, 2.05) is 11.7 Å². The van der Waals surface area contributed by atoms with Crippen molar-refractivity contribution in [2.24, 2.45) is 7.05 Å². The fourth-order valence-corrected chi connectivity index (χ4v) is 4.30. The summed E-state index contributed by atoms with van der Waals surface area (Å²) in [6.45, 7) is 9.58. The number of piperidine rings is 1. The SMILES string of the molecule is Cc1nn(C)c(C)c1CN1CCC(OCCc2noc(C3CCOCC3)n2)CC1. The molecule has 8 nitrogen and oxygen atoms in total. The van der Waals surface area contributed by atoms with E-state index >= 15 is 0 Å². The van der Waals surface area contributed by atoms with Crippen molar-refractivity contribution in [2.75, 3.05) is 32.9 Å². The fraction of sp³-hybridized carbons (Fsp3) is 0.762. The Morgan fingerprint density at radius 2 is 1.86 bits per heavy atom. The standard InChI is InChI=1S/C21H33N5O3/c1-15-19(16(2)25(3)23-15)14-26-9-4-18(5-10-26)28-13-8-20-22-21(29-24-20)17-6-11-27-12-7-17/h17-18H,4-14H2,1-3H3. The molecule has 0 amide bonds. The van der Waals surface area contributed by atoms with E-state index in [9.17, 15) is 0 Å². The third-order valence-corrected chi connectivity index (χ3v) is 6.31. The maximum atomic E-state index is 6.11. The van der Waals surface area contributed by atoms with E-state index in [0.29, 0.717) is 25.0 Å². The molecule has 0 spiro atoms. The molecule has 4 rings (SSSR count). The first-order valence-corrected chi connectivity index (χ1v) is 10.8. The van der Waals surface area contributed by atoms with Crippen molar-refractivity contribution in [1.82, 2.24) is 24.8 Å². The summed E-state index contributed by atoms with van der Waals surface area (Å²) in [7, 11) is 2.02. The summed E-state index contributed by atoms with van der Waals surface area (Å²) in [5.74, 6) is 1.87. The summed E-state index contributed by atoms with van der Waals surface area (Å²) in [5.41, 5.74) is 3.77. The van der Waals surface area contributed by atoms with Gasteiger partial charge in [-0.05, 0) is 39.5 Å². The molecule has 8 heteroatoms. The number of ether oxygens (including phenoxy) is 2. The minimum Gasteiger partial charge on any atom is -0.381 e. The molecule has 0 saturated carbocycles. The summed E-state index contributed by atoms with van der Waals surface area (Å²) in [6.07, 6.45) is 5.10. The third kappa shape index (κ3) is 5.05. The number of hydrogen-bond donors (Lipinski definition) is 0. The van der Waals surface area contributed by atoms with E-state index in [2.05, 4.69) is 34.0 Å². The number of likely N-dealkylation sites (tertiary alicyclic amines) is 1. The Morgan fingerprint density at radius 1 is 1.10 bits per heavy atom. The summed E-state index contributed by atoms with van der Waals surface area (Å²) >= 11 is 0. The van der Waals surface area contributed by atoms with Crippen LogP contribution in [0.1, 0.15) is 60.3 Å². The van der Waals surface area contributed by atoms with Gasteiger partial charge in [-0.25, -0.2) is 0 Å². The van der Waals surface area contributed by atoms with E-state index in [0.717, 1.165) is 75.9 Å². The van der Waals surface area contributed by atoms with Crippen molar-refractivity contribution in [3.8, 4) is 0 Å². The first-order valence-electron chi connectivity index (χ1n) is 10.8. The van der Waals surface area contributed by atoms with Crippen LogP contribution in [0, 0.1) is 13.8 Å². The maximum absolute atomic E-state index is 6.11. The van der Waals surface area contributed by atoms with Crippen LogP contribution in [0.2, 0.25) is 0 Å². The van der Waals surface area contributed by atoms with Crippen molar-refractivity contribution in [3.63, 3.8) is 0 Å². The van der Waals surface area contributed by atoms with Gasteiger partial charge >= 0.3 is 0 Å². The van der Waals surface area contributed by atoms with Gasteiger partial charge in [0.15, 0.2) is 5.82 Å². The normalized spacial score (nSPS) is 19.8. The minimum atomic E-state index is 0.323. The van der Waals surface area contributed by atoms with Gasteiger partial charge in [-0.2, -0.15) is 10.1 Å². The molecule has 2 saturated heterocycles. The molecular weight excluding hydrogens is 370 g/mol. The van der Waals surface area contributed by atoms with Crippen LogP contribution in [0.3, 0.4) is 0 Å². The van der Waals surface area contributed by atoms with Crippen molar-refractivity contribution < 1.29 is 14.0 Å². The summed E-state index contributed by atoms with van der Waals surface area (Å²) in [4.78, 5) is 7.07. The van der Waals surface area contributed by atoms with Crippen LogP contribution in [0.5, 0.6) is 0 Å². The second-order valence-corrected chi connectivity index (χ2v) is 8.30. The molecule has 2 aromatic heterocycles. The van der Waals surface area contributed by atoms with Gasteiger partial charge in [-0.1, -0.05) is 5.16 Å². The summed E-state index contributed by atoms with van der Waals surface area (Å²) in [6, 6.07) is 0. The Kier molecular flexibility index (Phi) is 6.62. The van der Waals surface area contributed by atoms with Gasteiger partial charge in [0.25, 0.3) is 0 Å². The van der Waals surface area contributed by atoms with E-state index in [1.54, 1.807) is 0 Å². The number of hydrogen-bond acceptors (Lipinski definition) is 7. The van der Waals surface area contributed by atoms with Crippen LogP contribution in [-0.2, 0) is 29.5 Å². The van der Waals surface area contributed by atoms with Gasteiger partial charge in [0.1, 0.15) is 0 Å². The van der Waals surface area contributed by atoms with E-state index in [4.69, 9.17) is 14.0 Å². The molecule has 4 heterocycles. The molecular formula is C21H33N5O3. The van der Waals surface area contributed by atoms with Crippen LogP contribution in [-0.4, -0.2) is 63.8 Å². The summed E-state index contributed by atoms with van der Waals surface area (Å²) < 4.78 is 18.9. The highest BCUT2D eigenvalue weighted by Crippen LogP contribution is 2.25. The fourth-order valence-electron chi connectivity index (χ4n) is 4.30. The molecule has 2 aliphatic rings. The zero-order valence-electron chi connectivity index (χ0n) is 17.9. The molecule has 2 aromatic rings. The van der Waals surface area contributed by atoms with E-state index in [1.165, 1.54) is 11.3 Å². The van der Waals surface area contributed by atoms with Crippen LogP contribution >= 0.6 is 0 Å². The van der Waals surface area contributed by atoms with Crippen LogP contribution in [0.15, 0.2) is 4.52 Å².